The molecule has 0 aliphatic carbocycles. The Morgan fingerprint density at radius 2 is 1.00 bits per heavy atom. The van der Waals surface area contributed by atoms with Crippen LogP contribution < -0.4 is 28.4 Å². The number of methoxy groups -OCH3 is 2. The number of hydrogen-bond acceptors (Lipinski definition) is 8. The predicted molar refractivity (Wildman–Crippen MR) is 174 cm³/mol. The molecule has 12 heteroatoms. The highest BCUT2D eigenvalue weighted by Gasteiger charge is 2.18. The summed E-state index contributed by atoms with van der Waals surface area (Å²) in [6, 6.07) is 12.3. The molecule has 0 spiro atoms. The van der Waals surface area contributed by atoms with E-state index in [-0.39, 0.29) is 14.9 Å². The van der Waals surface area contributed by atoms with Gasteiger partial charge < -0.3 is 34.1 Å². The van der Waals surface area contributed by atoms with Crippen molar-refractivity contribution in [3.63, 3.8) is 0 Å². The van der Waals surface area contributed by atoms with E-state index in [0.717, 1.165) is 62.3 Å². The lowest BCUT2D eigenvalue weighted by Crippen LogP contribution is -2.36. The average molecular weight is 603 g/mol. The van der Waals surface area contributed by atoms with E-state index >= 15 is 0 Å². The first-order valence-corrected chi connectivity index (χ1v) is 14.1. The van der Waals surface area contributed by atoms with Gasteiger partial charge in [-0.05, 0) is 37.1 Å². The molecule has 0 saturated carbocycles. The van der Waals surface area contributed by atoms with Crippen molar-refractivity contribution in [3.8, 4) is 11.5 Å². The van der Waals surface area contributed by atoms with E-state index in [1.54, 1.807) is 14.2 Å². The molecule has 2 aromatic heterocycles. The molecule has 1 aliphatic heterocycles. The third-order valence-corrected chi connectivity index (χ3v) is 7.55. The maximum Gasteiger partial charge on any atom is 0.421 e. The van der Waals surface area contributed by atoms with E-state index in [1.165, 1.54) is 0 Å². The van der Waals surface area contributed by atoms with E-state index in [4.69, 9.17) is 9.47 Å². The third kappa shape index (κ3) is 7.42. The summed E-state index contributed by atoms with van der Waals surface area (Å²) in [6.07, 6.45) is 9.82. The molecule has 12 nitrogen and oxygen atoms in total. The van der Waals surface area contributed by atoms with E-state index < -0.39 is 0 Å². The number of nitrogens with zero attached hydrogens (tertiary/aromatic N) is 10. The predicted octanol–water partition coefficient (Wildman–Crippen LogP) is 5.87. The van der Waals surface area contributed by atoms with Crippen LogP contribution in [0, 0.1) is 14.9 Å². The van der Waals surface area contributed by atoms with Crippen LogP contribution in [0.2, 0.25) is 0 Å². The monoisotopic (exact) mass is 602 g/mol. The Hall–Kier alpha value is -4.74. The van der Waals surface area contributed by atoms with Crippen LogP contribution in [0.15, 0.2) is 81.6 Å². The van der Waals surface area contributed by atoms with Crippen LogP contribution in [0.5, 0.6) is 11.5 Å². The fourth-order valence-corrected chi connectivity index (χ4v) is 5.18. The zero-order chi connectivity index (χ0) is 29.6. The smallest absolute Gasteiger partial charge is 0.421 e. The Labute approximate surface area is 261 Å². The molecule has 1 fully saturated rings. The number of aryl methyl sites for hydroxylation is 4. The van der Waals surface area contributed by atoms with Crippen molar-refractivity contribution in [2.45, 2.75) is 12.8 Å². The lowest BCUT2D eigenvalue weighted by molar-refractivity contribution is -0.657. The van der Waals surface area contributed by atoms with Crippen LogP contribution in [-0.4, -0.2) is 49.5 Å². The molecule has 1 saturated heterocycles. The zero-order valence-corrected chi connectivity index (χ0v) is 27.3. The molecule has 5 rings (SSSR count). The summed E-state index contributed by atoms with van der Waals surface area (Å²) in [5, 5.41) is 17.8. The standard InChI is InChI=1S/C30H40N10O2.2CH3/c1-35-17-18-36(2)29(35)33-31-25-11-9-23(21-27(25)41-5)39-13-7-15-40(16-8-14-39)24-10-12-26(28(22-24)42-6)32-34-30-37(3)19-20-38(30)4;;/h9-12,17-22H,7-8,13-16H2,1-6H3;2*1H3/q+2;2*-1. The molecule has 0 amide bonds. The summed E-state index contributed by atoms with van der Waals surface area (Å²) in [5.74, 6) is 2.93. The van der Waals surface area contributed by atoms with Gasteiger partial charge in [0.1, 0.15) is 22.9 Å². The summed E-state index contributed by atoms with van der Waals surface area (Å²) >= 11 is 0. The van der Waals surface area contributed by atoms with Crippen molar-refractivity contribution in [1.29, 1.82) is 0 Å². The minimum atomic E-state index is 0. The van der Waals surface area contributed by atoms with Crippen molar-refractivity contribution in [2.75, 3.05) is 50.2 Å². The Balaban J connectivity index is 0.00000264. The van der Waals surface area contributed by atoms with Crippen LogP contribution in [-0.2, 0) is 28.2 Å². The number of anilines is 2. The van der Waals surface area contributed by atoms with Gasteiger partial charge in [-0.25, -0.2) is 18.3 Å². The van der Waals surface area contributed by atoms with Crippen molar-refractivity contribution < 1.29 is 18.6 Å². The quantitative estimate of drug-likeness (QED) is 0.143. The largest absolute Gasteiger partial charge is 0.494 e. The Kier molecular flexibility index (Phi) is 11.6. The average Bonchev–Trinajstić information content (AvgIpc) is 3.48. The first-order chi connectivity index (χ1) is 20.4. The van der Waals surface area contributed by atoms with Gasteiger partial charge in [-0.1, -0.05) is 10.2 Å². The van der Waals surface area contributed by atoms with Gasteiger partial charge in [-0.2, -0.15) is 0 Å². The molecule has 0 N–H and O–H groups in total. The number of azo groups is 2. The van der Waals surface area contributed by atoms with E-state index in [0.29, 0.717) is 22.9 Å². The number of rotatable bonds is 8. The molecule has 44 heavy (non-hydrogen) atoms. The second-order valence-corrected chi connectivity index (χ2v) is 10.4. The summed E-state index contributed by atoms with van der Waals surface area (Å²) < 4.78 is 19.1. The second kappa shape index (κ2) is 15.1. The molecule has 0 atom stereocenters. The van der Waals surface area contributed by atoms with Crippen molar-refractivity contribution >= 4 is 34.6 Å². The maximum absolute atomic E-state index is 5.69. The number of benzene rings is 2. The topological polar surface area (TPSA) is 92.0 Å². The highest BCUT2D eigenvalue weighted by molar-refractivity contribution is 5.63. The van der Waals surface area contributed by atoms with Gasteiger partial charge in [0.25, 0.3) is 0 Å². The Bertz CT molecular complexity index is 1430. The summed E-state index contributed by atoms with van der Waals surface area (Å²) in [4.78, 5) is 4.84. The van der Waals surface area contributed by atoms with Crippen LogP contribution in [0.4, 0.5) is 34.6 Å². The highest BCUT2D eigenvalue weighted by atomic mass is 16.5. The fourth-order valence-electron chi connectivity index (χ4n) is 5.18. The normalized spacial score (nSPS) is 13.9. The van der Waals surface area contributed by atoms with Crippen LogP contribution in [0.3, 0.4) is 0 Å². The Morgan fingerprint density at radius 1 is 0.614 bits per heavy atom. The molecular formula is C32H46N10O2. The molecule has 236 valence electrons. The van der Waals surface area contributed by atoms with Crippen LogP contribution in [0.1, 0.15) is 12.8 Å². The van der Waals surface area contributed by atoms with Gasteiger partial charge in [0.2, 0.25) is 0 Å². The summed E-state index contributed by atoms with van der Waals surface area (Å²) in [5.41, 5.74) is 3.67. The van der Waals surface area contributed by atoms with Crippen molar-refractivity contribution in [1.82, 2.24) is 9.13 Å². The van der Waals surface area contributed by atoms with Gasteiger partial charge in [-0.3, -0.25) is 0 Å². The number of hydrogen-bond donors (Lipinski definition) is 0. The molecule has 2 aromatic carbocycles. The maximum atomic E-state index is 5.69. The minimum Gasteiger partial charge on any atom is -0.494 e. The van der Waals surface area contributed by atoms with Gasteiger partial charge in [-0.15, -0.1) is 0 Å². The highest BCUT2D eigenvalue weighted by Crippen LogP contribution is 2.35. The minimum absolute atomic E-state index is 0. The number of aromatic nitrogens is 4. The lowest BCUT2D eigenvalue weighted by atomic mass is 10.1. The molecular weight excluding hydrogens is 556 g/mol. The van der Waals surface area contributed by atoms with Crippen LogP contribution in [0.25, 0.3) is 0 Å². The molecule has 0 bridgehead atoms. The Morgan fingerprint density at radius 3 is 1.32 bits per heavy atom. The van der Waals surface area contributed by atoms with E-state index in [2.05, 4.69) is 54.5 Å². The van der Waals surface area contributed by atoms with Crippen LogP contribution >= 0.6 is 0 Å². The lowest BCUT2D eigenvalue weighted by Gasteiger charge is -2.33. The summed E-state index contributed by atoms with van der Waals surface area (Å²) in [6.45, 7) is 3.77. The third-order valence-electron chi connectivity index (χ3n) is 7.55. The van der Waals surface area contributed by atoms with Gasteiger partial charge in [0, 0.05) is 59.9 Å². The first-order valence-electron chi connectivity index (χ1n) is 14.1. The number of imidazole rings is 2. The first kappa shape index (κ1) is 33.8. The van der Waals surface area contributed by atoms with Gasteiger partial charge >= 0.3 is 11.9 Å². The zero-order valence-electron chi connectivity index (χ0n) is 27.3. The molecule has 0 radical (unpaired) electrons. The van der Waals surface area contributed by atoms with Crippen molar-refractivity contribution in [3.05, 3.63) is 76.0 Å². The van der Waals surface area contributed by atoms with E-state index in [9.17, 15) is 0 Å². The molecule has 1 aliphatic rings. The molecule has 4 aromatic rings. The van der Waals surface area contributed by atoms with Gasteiger partial charge in [0.15, 0.2) is 0 Å². The summed E-state index contributed by atoms with van der Waals surface area (Å²) in [7, 11) is 11.1. The fraction of sp³-hybridized carbons (Fsp3) is 0.375. The van der Waals surface area contributed by atoms with E-state index in [1.807, 2.05) is 83.4 Å². The van der Waals surface area contributed by atoms with Gasteiger partial charge in [0.05, 0.1) is 67.2 Å². The molecule has 0 unspecified atom stereocenters. The second-order valence-electron chi connectivity index (χ2n) is 10.4. The SMILES string of the molecule is COc1cc(N2CCCN(c3ccc(N=Nc4n(C)cc[n+]4C)c(OC)c3)CCC2)ccc1N=Nc1n(C)cc[n+]1C.[CH3-].[CH3-]. The molecule has 3 heterocycles. The van der Waals surface area contributed by atoms with Crippen molar-refractivity contribution in [2.24, 2.45) is 48.6 Å². The number of ether oxygens (including phenoxy) is 2.